The average Bonchev–Trinajstić information content (AvgIpc) is 2.86. The molecule has 7 heteroatoms. The summed E-state index contributed by atoms with van der Waals surface area (Å²) in [6.45, 7) is 5.90. The van der Waals surface area contributed by atoms with Gasteiger partial charge in [-0.25, -0.2) is 0 Å². The van der Waals surface area contributed by atoms with Crippen LogP contribution in [0.4, 0.5) is 5.69 Å². The molecule has 0 radical (unpaired) electrons. The van der Waals surface area contributed by atoms with Crippen molar-refractivity contribution >= 4 is 5.69 Å². The van der Waals surface area contributed by atoms with Gasteiger partial charge >= 0.3 is 0 Å². The van der Waals surface area contributed by atoms with E-state index in [9.17, 15) is 10.1 Å². The summed E-state index contributed by atoms with van der Waals surface area (Å²) in [5, 5.41) is 14.6. The molecule has 0 unspecified atom stereocenters. The molecule has 1 aromatic heterocycles. The maximum Gasteiger partial charge on any atom is 0.270 e. The quantitative estimate of drug-likeness (QED) is 0.682. The summed E-state index contributed by atoms with van der Waals surface area (Å²) in [4.78, 5) is 14.5. The van der Waals surface area contributed by atoms with Crippen molar-refractivity contribution in [3.63, 3.8) is 0 Å². The molecule has 2 aromatic rings. The van der Waals surface area contributed by atoms with Crippen LogP contribution < -0.4 is 5.73 Å². The third-order valence-corrected chi connectivity index (χ3v) is 2.96. The Hall–Kier alpha value is -2.28. The Morgan fingerprint density at radius 1 is 1.40 bits per heavy atom. The molecule has 1 atom stereocenters. The van der Waals surface area contributed by atoms with Crippen LogP contribution in [-0.2, 0) is 0 Å². The second-order valence-electron chi connectivity index (χ2n) is 5.61. The van der Waals surface area contributed by atoms with E-state index in [4.69, 9.17) is 10.3 Å². The van der Waals surface area contributed by atoms with Gasteiger partial charge in [-0.3, -0.25) is 10.1 Å². The molecule has 0 aliphatic rings. The lowest BCUT2D eigenvalue weighted by Gasteiger charge is -2.23. The van der Waals surface area contributed by atoms with Crippen LogP contribution in [0.1, 0.15) is 32.7 Å². The summed E-state index contributed by atoms with van der Waals surface area (Å²) in [6, 6.07) is 5.67. The van der Waals surface area contributed by atoms with E-state index in [1.807, 2.05) is 20.8 Å². The molecule has 1 aromatic carbocycles. The van der Waals surface area contributed by atoms with Gasteiger partial charge < -0.3 is 10.3 Å². The second-order valence-corrected chi connectivity index (χ2v) is 5.61. The first-order chi connectivity index (χ1) is 9.29. The molecule has 0 saturated carbocycles. The standard InChI is InChI=1S/C13H16N4O3/c1-13(2,3)10(14)12-15-11(16-20-12)8-5-4-6-9(7-8)17(18)19/h4-7,10H,14H2,1-3H3/t10-/m1/s1. The lowest BCUT2D eigenvalue weighted by Crippen LogP contribution is -2.26. The first-order valence-electron chi connectivity index (χ1n) is 6.13. The van der Waals surface area contributed by atoms with Crippen LogP contribution >= 0.6 is 0 Å². The van der Waals surface area contributed by atoms with E-state index in [0.29, 0.717) is 17.3 Å². The van der Waals surface area contributed by atoms with Crippen molar-refractivity contribution < 1.29 is 9.45 Å². The van der Waals surface area contributed by atoms with Crippen LogP contribution in [-0.4, -0.2) is 15.1 Å². The van der Waals surface area contributed by atoms with E-state index in [1.165, 1.54) is 12.1 Å². The van der Waals surface area contributed by atoms with Gasteiger partial charge in [0.2, 0.25) is 11.7 Å². The lowest BCUT2D eigenvalue weighted by molar-refractivity contribution is -0.384. The normalized spacial score (nSPS) is 13.2. The number of hydrogen-bond donors (Lipinski definition) is 1. The third-order valence-electron chi connectivity index (χ3n) is 2.96. The van der Waals surface area contributed by atoms with Crippen LogP contribution in [0.25, 0.3) is 11.4 Å². The highest BCUT2D eigenvalue weighted by atomic mass is 16.6. The predicted octanol–water partition coefficient (Wildman–Crippen LogP) is 2.69. The predicted molar refractivity (Wildman–Crippen MR) is 72.8 cm³/mol. The zero-order valence-corrected chi connectivity index (χ0v) is 11.5. The summed E-state index contributed by atoms with van der Waals surface area (Å²) in [5.41, 5.74) is 6.33. The average molecular weight is 276 g/mol. The second kappa shape index (κ2) is 5.01. The zero-order chi connectivity index (χ0) is 14.9. The van der Waals surface area contributed by atoms with Crippen molar-refractivity contribution in [3.8, 4) is 11.4 Å². The fraction of sp³-hybridized carbons (Fsp3) is 0.385. The number of benzene rings is 1. The van der Waals surface area contributed by atoms with Crippen molar-refractivity contribution in [2.24, 2.45) is 11.1 Å². The van der Waals surface area contributed by atoms with Gasteiger partial charge in [-0.15, -0.1) is 0 Å². The maximum absolute atomic E-state index is 10.8. The molecule has 1 heterocycles. The van der Waals surface area contributed by atoms with Crippen molar-refractivity contribution in [2.75, 3.05) is 0 Å². The lowest BCUT2D eigenvalue weighted by atomic mass is 9.87. The minimum absolute atomic E-state index is 0.0195. The number of aromatic nitrogens is 2. The highest BCUT2D eigenvalue weighted by Gasteiger charge is 2.27. The van der Waals surface area contributed by atoms with E-state index in [1.54, 1.807) is 12.1 Å². The van der Waals surface area contributed by atoms with Crippen LogP contribution in [0.5, 0.6) is 0 Å². The molecule has 0 amide bonds. The first-order valence-corrected chi connectivity index (χ1v) is 6.13. The molecule has 0 spiro atoms. The molecule has 0 saturated heterocycles. The van der Waals surface area contributed by atoms with Crippen LogP contribution in [0, 0.1) is 15.5 Å². The van der Waals surface area contributed by atoms with Gasteiger partial charge in [-0.2, -0.15) is 4.98 Å². The molecular formula is C13H16N4O3. The Balaban J connectivity index is 2.34. The van der Waals surface area contributed by atoms with Crippen LogP contribution in [0.15, 0.2) is 28.8 Å². The minimum Gasteiger partial charge on any atom is -0.337 e. The number of hydrogen-bond acceptors (Lipinski definition) is 6. The first kappa shape index (κ1) is 14.1. The fourth-order valence-electron chi connectivity index (χ4n) is 1.61. The molecule has 106 valence electrons. The highest BCUT2D eigenvalue weighted by Crippen LogP contribution is 2.30. The van der Waals surface area contributed by atoms with Crippen molar-refractivity contribution in [2.45, 2.75) is 26.8 Å². The fourth-order valence-corrected chi connectivity index (χ4v) is 1.61. The van der Waals surface area contributed by atoms with Gasteiger partial charge in [0, 0.05) is 17.7 Å². The van der Waals surface area contributed by atoms with Gasteiger partial charge in [0.25, 0.3) is 5.69 Å². The van der Waals surface area contributed by atoms with Gasteiger partial charge in [-0.1, -0.05) is 38.1 Å². The van der Waals surface area contributed by atoms with Crippen LogP contribution in [0.3, 0.4) is 0 Å². The number of nitrogens with two attached hydrogens (primary N) is 1. The summed E-state index contributed by atoms with van der Waals surface area (Å²) in [6.07, 6.45) is 0. The molecule has 0 aliphatic heterocycles. The number of rotatable bonds is 3. The number of nitro benzene ring substituents is 1. The molecule has 0 bridgehead atoms. The van der Waals surface area contributed by atoms with Crippen LogP contribution in [0.2, 0.25) is 0 Å². The van der Waals surface area contributed by atoms with Crippen molar-refractivity contribution in [1.29, 1.82) is 0 Å². The number of non-ortho nitro benzene ring substituents is 1. The van der Waals surface area contributed by atoms with Gasteiger partial charge in [-0.05, 0) is 5.41 Å². The molecule has 7 nitrogen and oxygen atoms in total. The SMILES string of the molecule is CC(C)(C)[C@H](N)c1nc(-c2cccc([N+](=O)[O-])c2)no1. The largest absolute Gasteiger partial charge is 0.337 e. The molecule has 0 fully saturated rings. The molecule has 0 aliphatic carbocycles. The Morgan fingerprint density at radius 3 is 2.70 bits per heavy atom. The molecule has 2 rings (SSSR count). The third kappa shape index (κ3) is 2.83. The summed E-state index contributed by atoms with van der Waals surface area (Å²) < 4.78 is 5.15. The topological polar surface area (TPSA) is 108 Å². The van der Waals surface area contributed by atoms with E-state index in [-0.39, 0.29) is 11.1 Å². The van der Waals surface area contributed by atoms with E-state index < -0.39 is 11.0 Å². The Bertz CT molecular complexity index is 631. The smallest absolute Gasteiger partial charge is 0.270 e. The minimum atomic E-state index is -0.467. The van der Waals surface area contributed by atoms with Gasteiger partial charge in [0.1, 0.15) is 0 Å². The summed E-state index contributed by atoms with van der Waals surface area (Å²) in [7, 11) is 0. The maximum atomic E-state index is 10.8. The van der Waals surface area contributed by atoms with Gasteiger partial charge in [0.15, 0.2) is 0 Å². The number of nitrogens with zero attached hydrogens (tertiary/aromatic N) is 3. The molecule has 20 heavy (non-hydrogen) atoms. The van der Waals surface area contributed by atoms with Crippen molar-refractivity contribution in [1.82, 2.24) is 10.1 Å². The van der Waals surface area contributed by atoms with E-state index in [2.05, 4.69) is 10.1 Å². The van der Waals surface area contributed by atoms with Gasteiger partial charge in [0.05, 0.1) is 11.0 Å². The Morgan fingerprint density at radius 2 is 2.10 bits per heavy atom. The molecule has 2 N–H and O–H groups in total. The van der Waals surface area contributed by atoms with E-state index >= 15 is 0 Å². The Labute approximate surface area is 115 Å². The summed E-state index contributed by atoms with van der Waals surface area (Å²) >= 11 is 0. The molecular weight excluding hydrogens is 260 g/mol. The van der Waals surface area contributed by atoms with Crippen molar-refractivity contribution in [3.05, 3.63) is 40.3 Å². The summed E-state index contributed by atoms with van der Waals surface area (Å²) in [5.74, 6) is 0.613. The highest BCUT2D eigenvalue weighted by molar-refractivity contribution is 5.58. The Kier molecular flexibility index (Phi) is 3.54. The number of nitro groups is 1. The van der Waals surface area contributed by atoms with E-state index in [0.717, 1.165) is 0 Å². The zero-order valence-electron chi connectivity index (χ0n) is 11.5. The monoisotopic (exact) mass is 276 g/mol.